The van der Waals surface area contributed by atoms with Gasteiger partial charge in [0.25, 0.3) is 0 Å². The highest BCUT2D eigenvalue weighted by Crippen LogP contribution is 2.23. The molecule has 1 aromatic carbocycles. The number of carbonyl (C=O) groups is 1. The van der Waals surface area contributed by atoms with Gasteiger partial charge in [-0.1, -0.05) is 37.3 Å². The van der Waals surface area contributed by atoms with E-state index in [0.29, 0.717) is 6.04 Å². The van der Waals surface area contributed by atoms with Crippen LogP contribution < -0.4 is 5.32 Å². The van der Waals surface area contributed by atoms with Crippen LogP contribution in [0.15, 0.2) is 30.3 Å². The molecule has 132 valence electrons. The Labute approximate surface area is 146 Å². The molecule has 0 bridgehead atoms. The van der Waals surface area contributed by atoms with Gasteiger partial charge in [-0.15, -0.1) is 0 Å². The van der Waals surface area contributed by atoms with Gasteiger partial charge in [0, 0.05) is 38.8 Å². The lowest BCUT2D eigenvalue weighted by Gasteiger charge is -2.36. The van der Waals surface area contributed by atoms with Crippen molar-refractivity contribution in [2.24, 2.45) is 5.92 Å². The van der Waals surface area contributed by atoms with Gasteiger partial charge in [-0.3, -0.25) is 4.90 Å². The Balaban J connectivity index is 1.36. The van der Waals surface area contributed by atoms with Gasteiger partial charge in [0.1, 0.15) is 0 Å². The summed E-state index contributed by atoms with van der Waals surface area (Å²) in [6, 6.07) is 11.2. The topological polar surface area (TPSA) is 35.6 Å². The van der Waals surface area contributed by atoms with E-state index in [4.69, 9.17) is 0 Å². The summed E-state index contributed by atoms with van der Waals surface area (Å²) in [6.07, 6.45) is 5.87. The second-order valence-corrected chi connectivity index (χ2v) is 7.47. The van der Waals surface area contributed by atoms with Crippen LogP contribution in [0.2, 0.25) is 0 Å². The quantitative estimate of drug-likeness (QED) is 0.921. The second kappa shape index (κ2) is 8.52. The lowest BCUT2D eigenvalue weighted by molar-refractivity contribution is 0.135. The standard InChI is InChI=1S/C20H31N3O/c1-17-7-9-19(10-8-17)21-20(24)23-15-13-22(14-16-23)12-11-18-5-3-2-4-6-18/h2-6,17,19H,7-16H2,1H3,(H,21,24). The van der Waals surface area contributed by atoms with E-state index in [0.717, 1.165) is 57.9 Å². The smallest absolute Gasteiger partial charge is 0.317 e. The first kappa shape index (κ1) is 17.3. The van der Waals surface area contributed by atoms with Crippen LogP contribution in [-0.4, -0.2) is 54.6 Å². The first-order valence-electron chi connectivity index (χ1n) is 9.52. The van der Waals surface area contributed by atoms with E-state index < -0.39 is 0 Å². The normalized spacial score (nSPS) is 25.5. The number of amides is 2. The zero-order valence-corrected chi connectivity index (χ0v) is 14.9. The molecular formula is C20H31N3O. The monoisotopic (exact) mass is 329 g/mol. The lowest BCUT2D eigenvalue weighted by Crippen LogP contribution is -2.54. The Morgan fingerprint density at radius 1 is 1.04 bits per heavy atom. The van der Waals surface area contributed by atoms with Gasteiger partial charge >= 0.3 is 6.03 Å². The minimum atomic E-state index is 0.150. The van der Waals surface area contributed by atoms with E-state index in [2.05, 4.69) is 47.5 Å². The number of rotatable bonds is 4. The number of nitrogens with zero attached hydrogens (tertiary/aromatic N) is 2. The van der Waals surface area contributed by atoms with E-state index >= 15 is 0 Å². The molecule has 4 heteroatoms. The van der Waals surface area contributed by atoms with Gasteiger partial charge in [-0.25, -0.2) is 4.79 Å². The molecule has 3 rings (SSSR count). The molecular weight excluding hydrogens is 298 g/mol. The first-order valence-corrected chi connectivity index (χ1v) is 9.52. The fraction of sp³-hybridized carbons (Fsp3) is 0.650. The highest BCUT2D eigenvalue weighted by molar-refractivity contribution is 5.74. The molecule has 4 nitrogen and oxygen atoms in total. The van der Waals surface area contributed by atoms with Crippen molar-refractivity contribution in [3.63, 3.8) is 0 Å². The highest BCUT2D eigenvalue weighted by atomic mass is 16.2. The maximum Gasteiger partial charge on any atom is 0.317 e. The largest absolute Gasteiger partial charge is 0.335 e. The van der Waals surface area contributed by atoms with Gasteiger partial charge in [0.2, 0.25) is 0 Å². The molecule has 0 aromatic heterocycles. The summed E-state index contributed by atoms with van der Waals surface area (Å²) in [5.41, 5.74) is 1.39. The lowest BCUT2D eigenvalue weighted by atomic mass is 9.87. The molecule has 1 heterocycles. The Hall–Kier alpha value is -1.55. The van der Waals surface area contributed by atoms with Crippen LogP contribution in [0.3, 0.4) is 0 Å². The number of carbonyl (C=O) groups excluding carboxylic acids is 1. The maximum absolute atomic E-state index is 12.4. The maximum atomic E-state index is 12.4. The number of piperazine rings is 1. The van der Waals surface area contributed by atoms with Crippen LogP contribution in [-0.2, 0) is 6.42 Å². The summed E-state index contributed by atoms with van der Waals surface area (Å²) in [4.78, 5) is 16.9. The number of nitrogens with one attached hydrogen (secondary N) is 1. The average Bonchev–Trinajstić information content (AvgIpc) is 2.63. The van der Waals surface area contributed by atoms with Gasteiger partial charge in [-0.05, 0) is 43.6 Å². The first-order chi connectivity index (χ1) is 11.7. The fourth-order valence-corrected chi connectivity index (χ4v) is 3.78. The van der Waals surface area contributed by atoms with Crippen molar-refractivity contribution in [2.75, 3.05) is 32.7 Å². The molecule has 1 aliphatic carbocycles. The predicted molar refractivity (Wildman–Crippen MR) is 98.1 cm³/mol. The minimum absolute atomic E-state index is 0.150. The molecule has 1 saturated heterocycles. The predicted octanol–water partition coefficient (Wildman–Crippen LogP) is 3.14. The van der Waals surface area contributed by atoms with E-state index in [1.54, 1.807) is 0 Å². The molecule has 1 aromatic rings. The fourth-order valence-electron chi connectivity index (χ4n) is 3.78. The van der Waals surface area contributed by atoms with Crippen LogP contribution in [0, 0.1) is 5.92 Å². The molecule has 0 radical (unpaired) electrons. The van der Waals surface area contributed by atoms with E-state index in [9.17, 15) is 4.79 Å². The number of hydrogen-bond acceptors (Lipinski definition) is 2. The van der Waals surface area contributed by atoms with Crippen LogP contribution in [0.5, 0.6) is 0 Å². The summed E-state index contributed by atoms with van der Waals surface area (Å²) in [5, 5.41) is 3.25. The van der Waals surface area contributed by atoms with Crippen LogP contribution in [0.25, 0.3) is 0 Å². The van der Waals surface area contributed by atoms with Gasteiger partial charge in [0.15, 0.2) is 0 Å². The Morgan fingerprint density at radius 3 is 2.38 bits per heavy atom. The number of hydrogen-bond donors (Lipinski definition) is 1. The Morgan fingerprint density at radius 2 is 1.71 bits per heavy atom. The highest BCUT2D eigenvalue weighted by Gasteiger charge is 2.24. The molecule has 2 fully saturated rings. The van der Waals surface area contributed by atoms with Crippen LogP contribution in [0.1, 0.15) is 38.2 Å². The third kappa shape index (κ3) is 4.97. The molecule has 0 unspecified atom stereocenters. The summed E-state index contributed by atoms with van der Waals surface area (Å²) in [6.45, 7) is 7.07. The SMILES string of the molecule is CC1CCC(NC(=O)N2CCN(CCc3ccccc3)CC2)CC1. The van der Waals surface area contributed by atoms with Crippen molar-refractivity contribution in [1.82, 2.24) is 15.1 Å². The molecule has 2 amide bonds. The van der Waals surface area contributed by atoms with Crippen molar-refractivity contribution >= 4 is 6.03 Å². The molecule has 24 heavy (non-hydrogen) atoms. The average molecular weight is 329 g/mol. The van der Waals surface area contributed by atoms with Gasteiger partial charge in [-0.2, -0.15) is 0 Å². The molecule has 1 saturated carbocycles. The van der Waals surface area contributed by atoms with Crippen LogP contribution in [0.4, 0.5) is 4.79 Å². The summed E-state index contributed by atoms with van der Waals surface area (Å²) < 4.78 is 0. The molecule has 1 aliphatic heterocycles. The third-order valence-corrected chi connectivity index (χ3v) is 5.56. The number of benzene rings is 1. The summed E-state index contributed by atoms with van der Waals surface area (Å²) in [7, 11) is 0. The summed E-state index contributed by atoms with van der Waals surface area (Å²) >= 11 is 0. The molecule has 0 atom stereocenters. The van der Waals surface area contributed by atoms with Crippen molar-refractivity contribution in [1.29, 1.82) is 0 Å². The molecule has 1 N–H and O–H groups in total. The second-order valence-electron chi connectivity index (χ2n) is 7.47. The third-order valence-electron chi connectivity index (χ3n) is 5.56. The van der Waals surface area contributed by atoms with Crippen molar-refractivity contribution in [2.45, 2.75) is 45.1 Å². The van der Waals surface area contributed by atoms with Crippen molar-refractivity contribution in [3.8, 4) is 0 Å². The zero-order chi connectivity index (χ0) is 16.8. The van der Waals surface area contributed by atoms with E-state index in [1.165, 1.54) is 18.4 Å². The van der Waals surface area contributed by atoms with Gasteiger partial charge < -0.3 is 10.2 Å². The Bertz CT molecular complexity index is 503. The van der Waals surface area contributed by atoms with E-state index in [-0.39, 0.29) is 6.03 Å². The Kier molecular flexibility index (Phi) is 6.13. The van der Waals surface area contributed by atoms with Crippen molar-refractivity contribution < 1.29 is 4.79 Å². The molecule has 0 spiro atoms. The number of urea groups is 1. The minimum Gasteiger partial charge on any atom is -0.335 e. The molecule has 2 aliphatic rings. The van der Waals surface area contributed by atoms with Crippen molar-refractivity contribution in [3.05, 3.63) is 35.9 Å². The zero-order valence-electron chi connectivity index (χ0n) is 14.9. The van der Waals surface area contributed by atoms with Gasteiger partial charge in [0.05, 0.1) is 0 Å². The van der Waals surface area contributed by atoms with Crippen LogP contribution >= 0.6 is 0 Å². The van der Waals surface area contributed by atoms with E-state index in [1.807, 2.05) is 4.90 Å². The summed E-state index contributed by atoms with van der Waals surface area (Å²) in [5.74, 6) is 0.825.